The Balaban J connectivity index is 0.000000468. The maximum Gasteiger partial charge on any atom is 0.00188 e. The summed E-state index contributed by atoms with van der Waals surface area (Å²) in [5, 5.41) is 0. The Morgan fingerprint density at radius 3 is 1.60 bits per heavy atom. The molecule has 0 aromatic heterocycles. The molecule has 184 valence electrons. The first kappa shape index (κ1) is 29.7. The molecule has 0 N–H and O–H groups in total. The van der Waals surface area contributed by atoms with Gasteiger partial charge in [0.25, 0.3) is 0 Å². The summed E-state index contributed by atoms with van der Waals surface area (Å²) in [5.74, 6) is 0.408. The zero-order valence-electron chi connectivity index (χ0n) is 22.7. The molecule has 0 aliphatic rings. The predicted octanol–water partition coefficient (Wildman–Crippen LogP) is 10.7. The van der Waals surface area contributed by atoms with Crippen LogP contribution >= 0.6 is 0 Å². The van der Waals surface area contributed by atoms with Crippen molar-refractivity contribution in [1.82, 2.24) is 0 Å². The molecule has 0 heterocycles. The summed E-state index contributed by atoms with van der Waals surface area (Å²) < 4.78 is 0. The Morgan fingerprint density at radius 1 is 0.629 bits per heavy atom. The number of hydrogen-bond acceptors (Lipinski definition) is 0. The number of benzene rings is 4. The first-order valence-electron chi connectivity index (χ1n) is 13.1. The van der Waals surface area contributed by atoms with Crippen LogP contribution in [0, 0.1) is 6.92 Å². The first-order chi connectivity index (χ1) is 17.2. The maximum absolute atomic E-state index is 4.00. The van der Waals surface area contributed by atoms with Crippen molar-refractivity contribution in [2.24, 2.45) is 0 Å². The van der Waals surface area contributed by atoms with E-state index in [0.29, 0.717) is 5.92 Å². The Hall–Kier alpha value is -3.38. The van der Waals surface area contributed by atoms with Gasteiger partial charge in [-0.3, -0.25) is 0 Å². The van der Waals surface area contributed by atoms with Crippen LogP contribution < -0.4 is 0 Å². The van der Waals surface area contributed by atoms with Crippen LogP contribution in [-0.2, 0) is 6.42 Å². The molecule has 1 atom stereocenters. The van der Waals surface area contributed by atoms with Crippen molar-refractivity contribution in [1.29, 1.82) is 0 Å². The zero-order valence-corrected chi connectivity index (χ0v) is 22.7. The van der Waals surface area contributed by atoms with Crippen LogP contribution in [0.4, 0.5) is 0 Å². The lowest BCUT2D eigenvalue weighted by Crippen LogP contribution is -1.96. The summed E-state index contributed by atoms with van der Waals surface area (Å²) in [6, 6.07) is 38.5. The molecule has 0 fully saturated rings. The molecule has 0 aliphatic heterocycles. The normalized spacial score (nSPS) is 10.2. The minimum atomic E-state index is 0.408. The highest BCUT2D eigenvalue weighted by atomic mass is 14.2. The molecule has 0 spiro atoms. The van der Waals surface area contributed by atoms with Gasteiger partial charge in [0.1, 0.15) is 0 Å². The van der Waals surface area contributed by atoms with E-state index in [2.05, 4.69) is 117 Å². The first-order valence-corrected chi connectivity index (χ1v) is 13.1. The molecule has 0 aliphatic carbocycles. The van der Waals surface area contributed by atoms with E-state index in [1.807, 2.05) is 45.9 Å². The van der Waals surface area contributed by atoms with Crippen molar-refractivity contribution >= 4 is 0 Å². The van der Waals surface area contributed by atoms with Gasteiger partial charge in [-0.15, -0.1) is 6.58 Å². The monoisotopic (exact) mass is 464 g/mol. The number of hydrogen-bond donors (Lipinski definition) is 0. The van der Waals surface area contributed by atoms with Crippen molar-refractivity contribution < 1.29 is 0 Å². The Morgan fingerprint density at radius 2 is 1.11 bits per heavy atom. The lowest BCUT2D eigenvalue weighted by atomic mass is 9.88. The quantitative estimate of drug-likeness (QED) is 0.249. The Labute approximate surface area is 215 Å². The van der Waals surface area contributed by atoms with Crippen molar-refractivity contribution in [3.05, 3.63) is 144 Å². The second-order valence-electron chi connectivity index (χ2n) is 7.85. The largest absolute Gasteiger partial charge is 0.102 e. The molecule has 4 rings (SSSR count). The lowest BCUT2D eigenvalue weighted by molar-refractivity contribution is 0.809. The van der Waals surface area contributed by atoms with Crippen LogP contribution in [-0.4, -0.2) is 0 Å². The topological polar surface area (TPSA) is 0 Å². The van der Waals surface area contributed by atoms with E-state index >= 15 is 0 Å². The third-order valence-corrected chi connectivity index (χ3v) is 5.54. The summed E-state index contributed by atoms with van der Waals surface area (Å²) in [7, 11) is 0. The van der Waals surface area contributed by atoms with E-state index in [-0.39, 0.29) is 0 Å². The fourth-order valence-electron chi connectivity index (χ4n) is 3.76. The second-order valence-corrected chi connectivity index (χ2v) is 7.85. The van der Waals surface area contributed by atoms with Crippen LogP contribution in [0.3, 0.4) is 0 Å². The molecule has 0 bridgehead atoms. The van der Waals surface area contributed by atoms with E-state index in [0.717, 1.165) is 12.8 Å². The van der Waals surface area contributed by atoms with E-state index in [4.69, 9.17) is 0 Å². The lowest BCUT2D eigenvalue weighted by Gasteiger charge is -2.16. The second kappa shape index (κ2) is 18.0. The third kappa shape index (κ3) is 10.2. The third-order valence-electron chi connectivity index (χ3n) is 5.54. The van der Waals surface area contributed by atoms with Gasteiger partial charge in [0.15, 0.2) is 0 Å². The van der Waals surface area contributed by atoms with E-state index in [1.165, 1.54) is 33.4 Å². The molecule has 4 aromatic carbocycles. The molecule has 0 saturated carbocycles. The van der Waals surface area contributed by atoms with E-state index in [1.54, 1.807) is 0 Å². The molecular formula is C35H44. The Kier molecular flexibility index (Phi) is 15.3. The van der Waals surface area contributed by atoms with Crippen molar-refractivity contribution in [2.45, 2.75) is 60.3 Å². The zero-order chi connectivity index (χ0) is 25.9. The molecule has 1 unspecified atom stereocenters. The van der Waals surface area contributed by atoms with Crippen LogP contribution in [0.5, 0.6) is 0 Å². The average Bonchev–Trinajstić information content (AvgIpc) is 2.94. The van der Waals surface area contributed by atoms with Crippen molar-refractivity contribution in [3.63, 3.8) is 0 Å². The fraction of sp³-hybridized carbons (Fsp3) is 0.257. The van der Waals surface area contributed by atoms with Gasteiger partial charge in [0.05, 0.1) is 0 Å². The SMILES string of the molecule is C=CC(CC)c1ccccc1-c1ccc(Cc2ccccc2)cc1.CC.CC.Cc1ccccc1. The van der Waals surface area contributed by atoms with Crippen LogP contribution in [0.1, 0.15) is 69.2 Å². The maximum atomic E-state index is 4.00. The predicted molar refractivity (Wildman–Crippen MR) is 158 cm³/mol. The van der Waals surface area contributed by atoms with Gasteiger partial charge in [-0.2, -0.15) is 0 Å². The van der Waals surface area contributed by atoms with Gasteiger partial charge < -0.3 is 0 Å². The minimum Gasteiger partial charge on any atom is -0.102 e. The highest BCUT2D eigenvalue weighted by Gasteiger charge is 2.11. The van der Waals surface area contributed by atoms with Gasteiger partial charge in [-0.1, -0.05) is 155 Å². The summed E-state index contributed by atoms with van der Waals surface area (Å²) in [6.45, 7) is 16.3. The standard InChI is InChI=1S/C24H24.C7H8.2C2H6/c1-3-21(4-2)23-12-8-9-13-24(23)22-16-14-20(15-17-22)18-19-10-6-5-7-11-19;1-7-5-3-2-4-6-7;2*1-2/h3,5-17,21H,1,4,18H2,2H3;2-6H,1H3;2*1-2H3. The number of rotatable bonds is 6. The highest BCUT2D eigenvalue weighted by Crippen LogP contribution is 2.32. The summed E-state index contributed by atoms with van der Waals surface area (Å²) in [4.78, 5) is 0. The molecule has 4 aromatic rings. The van der Waals surface area contributed by atoms with Crippen LogP contribution in [0.15, 0.2) is 122 Å². The molecule has 0 saturated heterocycles. The average molecular weight is 465 g/mol. The van der Waals surface area contributed by atoms with Crippen LogP contribution in [0.25, 0.3) is 11.1 Å². The van der Waals surface area contributed by atoms with Crippen LogP contribution in [0.2, 0.25) is 0 Å². The van der Waals surface area contributed by atoms with E-state index < -0.39 is 0 Å². The smallest absolute Gasteiger partial charge is 0.00188 e. The summed E-state index contributed by atoms with van der Waals surface area (Å²) >= 11 is 0. The summed E-state index contributed by atoms with van der Waals surface area (Å²) in [6.07, 6.45) is 4.11. The molecule has 35 heavy (non-hydrogen) atoms. The highest BCUT2D eigenvalue weighted by molar-refractivity contribution is 5.68. The molecule has 0 heteroatoms. The van der Waals surface area contributed by atoms with Gasteiger partial charge in [-0.25, -0.2) is 0 Å². The number of allylic oxidation sites excluding steroid dienone is 1. The van der Waals surface area contributed by atoms with Gasteiger partial charge in [0.2, 0.25) is 0 Å². The fourth-order valence-corrected chi connectivity index (χ4v) is 3.76. The van der Waals surface area contributed by atoms with Gasteiger partial charge >= 0.3 is 0 Å². The minimum absolute atomic E-state index is 0.408. The Bertz CT molecular complexity index is 1040. The molecular weight excluding hydrogens is 420 g/mol. The van der Waals surface area contributed by atoms with Crippen molar-refractivity contribution in [2.75, 3.05) is 0 Å². The van der Waals surface area contributed by atoms with E-state index in [9.17, 15) is 0 Å². The summed E-state index contributed by atoms with van der Waals surface area (Å²) in [5.41, 5.74) is 7.98. The molecule has 0 nitrogen and oxygen atoms in total. The van der Waals surface area contributed by atoms with Gasteiger partial charge in [0, 0.05) is 5.92 Å². The van der Waals surface area contributed by atoms with Gasteiger partial charge in [-0.05, 0) is 47.6 Å². The van der Waals surface area contributed by atoms with Crippen molar-refractivity contribution in [3.8, 4) is 11.1 Å². The molecule has 0 amide bonds. The molecule has 0 radical (unpaired) electrons. The number of aryl methyl sites for hydroxylation is 1.